The third kappa shape index (κ3) is 8.94. The quantitative estimate of drug-likeness (QED) is 0.264. The Hall–Kier alpha value is -2.48. The highest BCUT2D eigenvalue weighted by molar-refractivity contribution is 6.00. The topological polar surface area (TPSA) is 151 Å². The molecule has 0 aromatic rings. The minimum atomic E-state index is -1.09. The molecule has 0 aromatic heterocycles. The Bertz CT molecular complexity index is 663. The average molecular weight is 394 g/mol. The van der Waals surface area contributed by atoms with E-state index < -0.39 is 29.3 Å². The van der Waals surface area contributed by atoms with Crippen LogP contribution < -0.4 is 22.1 Å². The van der Waals surface area contributed by atoms with E-state index in [0.29, 0.717) is 23.3 Å². The molecule has 158 valence electrons. The molecule has 0 fully saturated rings. The highest BCUT2D eigenvalue weighted by atomic mass is 16.2. The van der Waals surface area contributed by atoms with Crippen LogP contribution in [0.4, 0.5) is 0 Å². The Morgan fingerprint density at radius 2 is 1.79 bits per heavy atom. The van der Waals surface area contributed by atoms with Gasteiger partial charge in [-0.3, -0.25) is 14.4 Å². The largest absolute Gasteiger partial charge is 0.368 e. The van der Waals surface area contributed by atoms with E-state index in [4.69, 9.17) is 16.9 Å². The van der Waals surface area contributed by atoms with Crippen molar-refractivity contribution in [1.29, 1.82) is 5.41 Å². The Labute approximate surface area is 167 Å². The molecule has 2 unspecified atom stereocenters. The zero-order chi connectivity index (χ0) is 22.1. The molecule has 0 aliphatic rings. The fourth-order valence-electron chi connectivity index (χ4n) is 2.88. The summed E-state index contributed by atoms with van der Waals surface area (Å²) in [7, 11) is 0. The van der Waals surface area contributed by atoms with Crippen molar-refractivity contribution < 1.29 is 14.4 Å². The molecule has 0 spiro atoms. The lowest BCUT2D eigenvalue weighted by atomic mass is 9.91. The molecule has 2 atom stereocenters. The standard InChI is InChI=1S/C20H35N5O3/c1-7-8-15(14(5)21)13(4)9-16(18(22)27)25-17(26)11-24-19(28)20(6,23)10-12(2)3/h8-9,12,16,21H,7,10-11,23H2,1-6H3,(H2,22,27)(H,24,28)(H,25,26)/b13-9+,15-8-,21-14?. The van der Waals surface area contributed by atoms with Gasteiger partial charge in [-0.2, -0.15) is 0 Å². The molecular weight excluding hydrogens is 358 g/mol. The summed E-state index contributed by atoms with van der Waals surface area (Å²) in [6.45, 7) is 10.5. The normalized spacial score (nSPS) is 15.6. The van der Waals surface area contributed by atoms with Gasteiger partial charge in [0.25, 0.3) is 0 Å². The van der Waals surface area contributed by atoms with E-state index in [-0.39, 0.29) is 12.5 Å². The van der Waals surface area contributed by atoms with E-state index in [0.717, 1.165) is 6.42 Å². The van der Waals surface area contributed by atoms with Crippen LogP contribution in [0.1, 0.15) is 54.4 Å². The second-order valence-corrected chi connectivity index (χ2v) is 7.65. The highest BCUT2D eigenvalue weighted by Gasteiger charge is 2.29. The summed E-state index contributed by atoms with van der Waals surface area (Å²) < 4.78 is 0. The lowest BCUT2D eigenvalue weighted by Crippen LogP contribution is -2.55. The number of nitrogens with one attached hydrogen (secondary N) is 3. The second kappa shape index (κ2) is 11.4. The predicted molar refractivity (Wildman–Crippen MR) is 112 cm³/mol. The number of amides is 3. The lowest BCUT2D eigenvalue weighted by molar-refractivity contribution is -0.130. The fourth-order valence-corrected chi connectivity index (χ4v) is 2.88. The number of rotatable bonds is 11. The van der Waals surface area contributed by atoms with Crippen molar-refractivity contribution in [3.8, 4) is 0 Å². The van der Waals surface area contributed by atoms with E-state index >= 15 is 0 Å². The van der Waals surface area contributed by atoms with Gasteiger partial charge in [0.15, 0.2) is 0 Å². The third-order valence-corrected chi connectivity index (χ3v) is 4.04. The monoisotopic (exact) mass is 393 g/mol. The number of hydrogen-bond donors (Lipinski definition) is 5. The number of hydrogen-bond acceptors (Lipinski definition) is 5. The van der Waals surface area contributed by atoms with Gasteiger partial charge < -0.3 is 27.5 Å². The van der Waals surface area contributed by atoms with E-state index in [1.54, 1.807) is 20.8 Å². The van der Waals surface area contributed by atoms with Crippen molar-refractivity contribution in [2.24, 2.45) is 17.4 Å². The summed E-state index contributed by atoms with van der Waals surface area (Å²) in [6.07, 6.45) is 4.57. The SMILES string of the molecule is CC/C=C(C(C)=N)/C(C)=C/C(NC(=O)CNC(=O)C(C)(N)CC(C)C)C(N)=O. The first-order valence-electron chi connectivity index (χ1n) is 9.42. The van der Waals surface area contributed by atoms with Crippen molar-refractivity contribution in [1.82, 2.24) is 10.6 Å². The van der Waals surface area contributed by atoms with Gasteiger partial charge in [0.1, 0.15) is 6.04 Å². The maximum absolute atomic E-state index is 12.2. The van der Waals surface area contributed by atoms with Crippen LogP contribution in [0.5, 0.6) is 0 Å². The van der Waals surface area contributed by atoms with Crippen LogP contribution in [-0.2, 0) is 14.4 Å². The van der Waals surface area contributed by atoms with Crippen molar-refractivity contribution in [3.63, 3.8) is 0 Å². The molecule has 0 saturated carbocycles. The van der Waals surface area contributed by atoms with Crippen LogP contribution in [0.2, 0.25) is 0 Å². The van der Waals surface area contributed by atoms with Crippen LogP contribution in [0.3, 0.4) is 0 Å². The molecule has 0 saturated heterocycles. The number of carbonyl (C=O) groups is 3. The van der Waals surface area contributed by atoms with Gasteiger partial charge in [-0.15, -0.1) is 0 Å². The molecule has 28 heavy (non-hydrogen) atoms. The Balaban J connectivity index is 5.08. The summed E-state index contributed by atoms with van der Waals surface area (Å²) in [6, 6.07) is -1.05. The van der Waals surface area contributed by atoms with Crippen LogP contribution >= 0.6 is 0 Å². The summed E-state index contributed by atoms with van der Waals surface area (Å²) >= 11 is 0. The summed E-state index contributed by atoms with van der Waals surface area (Å²) in [4.78, 5) is 36.1. The smallest absolute Gasteiger partial charge is 0.244 e. The molecule has 0 radical (unpaired) electrons. The third-order valence-electron chi connectivity index (χ3n) is 4.04. The maximum Gasteiger partial charge on any atom is 0.244 e. The van der Waals surface area contributed by atoms with E-state index in [9.17, 15) is 14.4 Å². The van der Waals surface area contributed by atoms with Gasteiger partial charge in [-0.05, 0) is 56.8 Å². The number of allylic oxidation sites excluding steroid dienone is 3. The molecular formula is C20H35N5O3. The fraction of sp³-hybridized carbons (Fsp3) is 0.600. The maximum atomic E-state index is 12.2. The molecule has 3 amide bonds. The van der Waals surface area contributed by atoms with E-state index in [1.165, 1.54) is 6.08 Å². The predicted octanol–water partition coefficient (Wildman–Crippen LogP) is 1.16. The molecule has 0 aliphatic heterocycles. The molecule has 0 rings (SSSR count). The van der Waals surface area contributed by atoms with Crippen LogP contribution in [0.15, 0.2) is 23.3 Å². The average Bonchev–Trinajstić information content (AvgIpc) is 2.54. The molecule has 0 aliphatic carbocycles. The molecule has 0 heterocycles. The molecule has 0 aromatic carbocycles. The van der Waals surface area contributed by atoms with Gasteiger partial charge in [0, 0.05) is 5.71 Å². The highest BCUT2D eigenvalue weighted by Crippen LogP contribution is 2.14. The zero-order valence-corrected chi connectivity index (χ0v) is 17.8. The van der Waals surface area contributed by atoms with Crippen molar-refractivity contribution in [2.75, 3.05) is 6.54 Å². The van der Waals surface area contributed by atoms with Crippen LogP contribution in [0.25, 0.3) is 0 Å². The molecule has 8 nitrogen and oxygen atoms in total. The van der Waals surface area contributed by atoms with Gasteiger partial charge in [0.05, 0.1) is 12.1 Å². The lowest BCUT2D eigenvalue weighted by Gasteiger charge is -2.25. The summed E-state index contributed by atoms with van der Waals surface area (Å²) in [5.41, 5.74) is 12.0. The van der Waals surface area contributed by atoms with Crippen LogP contribution in [0, 0.1) is 11.3 Å². The van der Waals surface area contributed by atoms with Crippen molar-refractivity contribution in [2.45, 2.75) is 66.0 Å². The molecule has 0 bridgehead atoms. The van der Waals surface area contributed by atoms with E-state index in [1.807, 2.05) is 26.8 Å². The van der Waals surface area contributed by atoms with Gasteiger partial charge in [0.2, 0.25) is 17.7 Å². The Morgan fingerprint density at radius 1 is 1.21 bits per heavy atom. The van der Waals surface area contributed by atoms with Crippen molar-refractivity contribution in [3.05, 3.63) is 23.3 Å². The van der Waals surface area contributed by atoms with Gasteiger partial charge in [-0.25, -0.2) is 0 Å². The summed E-state index contributed by atoms with van der Waals surface area (Å²) in [5.74, 6) is -1.51. The Kier molecular flexibility index (Phi) is 10.4. The minimum absolute atomic E-state index is 0.226. The van der Waals surface area contributed by atoms with Gasteiger partial charge >= 0.3 is 0 Å². The van der Waals surface area contributed by atoms with Gasteiger partial charge in [-0.1, -0.05) is 26.8 Å². The number of nitrogens with two attached hydrogens (primary N) is 2. The second-order valence-electron chi connectivity index (χ2n) is 7.65. The zero-order valence-electron chi connectivity index (χ0n) is 17.8. The molecule has 8 heteroatoms. The number of carbonyl (C=O) groups excluding carboxylic acids is 3. The first-order valence-corrected chi connectivity index (χ1v) is 9.42. The van der Waals surface area contributed by atoms with Crippen LogP contribution in [-0.4, -0.2) is 41.6 Å². The van der Waals surface area contributed by atoms with Crippen molar-refractivity contribution >= 4 is 23.4 Å². The first-order chi connectivity index (χ1) is 12.8. The number of primary amides is 1. The molecule has 7 N–H and O–H groups in total. The summed E-state index contributed by atoms with van der Waals surface area (Å²) in [5, 5.41) is 12.8. The first kappa shape index (κ1) is 25.5. The van der Waals surface area contributed by atoms with E-state index in [2.05, 4.69) is 10.6 Å². The minimum Gasteiger partial charge on any atom is -0.368 e. The Morgan fingerprint density at radius 3 is 2.21 bits per heavy atom.